The third kappa shape index (κ3) is 2.80. The number of carbonyl (C=O) groups is 1. The maximum absolute atomic E-state index is 14.7. The first-order valence-electron chi connectivity index (χ1n) is 10.2. The van der Waals surface area contributed by atoms with E-state index in [0.29, 0.717) is 24.7 Å². The molecular formula is C23H21F3N4O2. The quantitative estimate of drug-likeness (QED) is 0.648. The summed E-state index contributed by atoms with van der Waals surface area (Å²) in [6.45, 7) is 4.13. The highest BCUT2D eigenvalue weighted by Crippen LogP contribution is 2.48. The maximum Gasteiger partial charge on any atom is 0.266 e. The van der Waals surface area contributed by atoms with Crippen molar-refractivity contribution in [2.45, 2.75) is 31.7 Å². The second-order valence-corrected chi connectivity index (χ2v) is 8.41. The molecule has 0 bridgehead atoms. The Bertz CT molecular complexity index is 1260. The maximum atomic E-state index is 14.7. The molecule has 6 nitrogen and oxygen atoms in total. The Morgan fingerprint density at radius 1 is 1.16 bits per heavy atom. The zero-order chi connectivity index (χ0) is 22.8. The Labute approximate surface area is 182 Å². The van der Waals surface area contributed by atoms with E-state index in [1.165, 1.54) is 12.1 Å². The molecule has 0 saturated carbocycles. The number of rotatable bonds is 4. The summed E-state index contributed by atoms with van der Waals surface area (Å²) in [7, 11) is 1.74. The summed E-state index contributed by atoms with van der Waals surface area (Å²) in [5, 5.41) is 13.1. The lowest BCUT2D eigenvalue weighted by Crippen LogP contribution is -2.53. The van der Waals surface area contributed by atoms with Crippen molar-refractivity contribution in [2.24, 2.45) is 0 Å². The number of nitrogens with zero attached hydrogens (tertiary/aromatic N) is 3. The number of hydrogen-bond donors (Lipinski definition) is 1. The molecule has 1 amide bonds. The summed E-state index contributed by atoms with van der Waals surface area (Å²) in [5.41, 5.74) is 1.11. The molecule has 5 rings (SSSR count). The van der Waals surface area contributed by atoms with Crippen molar-refractivity contribution in [3.63, 3.8) is 0 Å². The standard InChI is InChI=1S/C23H21F3N4O2/c1-11(13-5-4-6-14(19(13)24)20(25)26)27-21-16-7-17-18(8-15(16)12(2)28-29-21)30(3)22(31)23(17)9-32-10-23/h4-8,11,20H,9-10H2,1-3H3,(H,27,29)/t11-/m1/s1. The van der Waals surface area contributed by atoms with Gasteiger partial charge in [0.15, 0.2) is 5.82 Å². The van der Waals surface area contributed by atoms with E-state index >= 15 is 0 Å². The van der Waals surface area contributed by atoms with Gasteiger partial charge in [0.1, 0.15) is 11.2 Å². The van der Waals surface area contributed by atoms with Crippen LogP contribution in [0.5, 0.6) is 0 Å². The number of ether oxygens (including phenoxy) is 1. The van der Waals surface area contributed by atoms with Crippen LogP contribution in [0.2, 0.25) is 0 Å². The molecule has 1 saturated heterocycles. The van der Waals surface area contributed by atoms with Gasteiger partial charge < -0.3 is 15.0 Å². The lowest BCUT2D eigenvalue weighted by molar-refractivity contribution is -0.140. The van der Waals surface area contributed by atoms with E-state index in [9.17, 15) is 18.0 Å². The molecule has 1 atom stereocenters. The molecule has 166 valence electrons. The average Bonchev–Trinajstić information content (AvgIpc) is 2.95. The van der Waals surface area contributed by atoms with E-state index in [1.54, 1.807) is 18.9 Å². The van der Waals surface area contributed by atoms with Crippen molar-refractivity contribution in [3.05, 3.63) is 58.5 Å². The summed E-state index contributed by atoms with van der Waals surface area (Å²) in [6.07, 6.45) is -2.90. The smallest absolute Gasteiger partial charge is 0.266 e. The van der Waals surface area contributed by atoms with Crippen LogP contribution < -0.4 is 10.2 Å². The van der Waals surface area contributed by atoms with Crippen LogP contribution >= 0.6 is 0 Å². The van der Waals surface area contributed by atoms with Crippen LogP contribution in [0.3, 0.4) is 0 Å². The van der Waals surface area contributed by atoms with Crippen molar-refractivity contribution in [3.8, 4) is 0 Å². The zero-order valence-corrected chi connectivity index (χ0v) is 17.7. The van der Waals surface area contributed by atoms with Gasteiger partial charge in [0.05, 0.1) is 30.5 Å². The minimum absolute atomic E-state index is 0.0126. The number of fused-ring (bicyclic) bond motifs is 3. The summed E-state index contributed by atoms with van der Waals surface area (Å²) >= 11 is 0. The van der Waals surface area contributed by atoms with Gasteiger partial charge in [-0.05, 0) is 31.5 Å². The molecular weight excluding hydrogens is 421 g/mol. The van der Waals surface area contributed by atoms with Crippen molar-refractivity contribution in [1.82, 2.24) is 10.2 Å². The van der Waals surface area contributed by atoms with Crippen LogP contribution in [0.15, 0.2) is 30.3 Å². The summed E-state index contributed by atoms with van der Waals surface area (Å²) in [5.74, 6) is -0.563. The van der Waals surface area contributed by atoms with Crippen LogP contribution in [0.4, 0.5) is 24.7 Å². The van der Waals surface area contributed by atoms with Gasteiger partial charge in [-0.15, -0.1) is 5.10 Å². The molecule has 2 aromatic carbocycles. The molecule has 0 aliphatic carbocycles. The fourth-order valence-corrected chi connectivity index (χ4v) is 4.57. The Balaban J connectivity index is 1.60. The second kappa shape index (κ2) is 7.16. The Morgan fingerprint density at radius 3 is 2.53 bits per heavy atom. The lowest BCUT2D eigenvalue weighted by atomic mass is 9.79. The molecule has 2 aliphatic heterocycles. The number of nitrogens with one attached hydrogen (secondary N) is 1. The number of aryl methyl sites for hydroxylation is 1. The first kappa shape index (κ1) is 20.7. The van der Waals surface area contributed by atoms with Crippen LogP contribution in [-0.4, -0.2) is 36.4 Å². The Kier molecular flexibility index (Phi) is 4.63. The van der Waals surface area contributed by atoms with E-state index in [2.05, 4.69) is 15.5 Å². The number of hydrogen-bond acceptors (Lipinski definition) is 5. The minimum Gasteiger partial charge on any atom is -0.378 e. The number of aromatic nitrogens is 2. The second-order valence-electron chi connectivity index (χ2n) is 8.41. The number of likely N-dealkylation sites (N-methyl/N-ethyl adjacent to an activating group) is 1. The Hall–Kier alpha value is -3.20. The molecule has 0 radical (unpaired) electrons. The predicted molar refractivity (Wildman–Crippen MR) is 114 cm³/mol. The number of benzene rings is 2. The fourth-order valence-electron chi connectivity index (χ4n) is 4.57. The SMILES string of the molecule is Cc1nnc(N[C@H](C)c2cccc(C(F)F)c2F)c2cc3c(cc12)N(C)C(=O)C31COC1. The van der Waals surface area contributed by atoms with E-state index in [-0.39, 0.29) is 11.5 Å². The molecule has 1 fully saturated rings. The molecule has 32 heavy (non-hydrogen) atoms. The van der Waals surface area contributed by atoms with Gasteiger partial charge in [0.25, 0.3) is 6.43 Å². The van der Waals surface area contributed by atoms with Crippen LogP contribution in [0, 0.1) is 12.7 Å². The zero-order valence-electron chi connectivity index (χ0n) is 17.7. The van der Waals surface area contributed by atoms with Crippen LogP contribution in [0.1, 0.15) is 41.8 Å². The molecule has 1 spiro atoms. The fraction of sp³-hybridized carbons (Fsp3) is 0.348. The van der Waals surface area contributed by atoms with E-state index < -0.39 is 29.3 Å². The number of anilines is 2. The number of carbonyl (C=O) groups excluding carboxylic acids is 1. The van der Waals surface area contributed by atoms with Gasteiger partial charge in [-0.25, -0.2) is 13.2 Å². The van der Waals surface area contributed by atoms with E-state index in [4.69, 9.17) is 4.74 Å². The van der Waals surface area contributed by atoms with Crippen molar-refractivity contribution < 1.29 is 22.7 Å². The van der Waals surface area contributed by atoms with Gasteiger partial charge >= 0.3 is 0 Å². The number of amides is 1. The van der Waals surface area contributed by atoms with Crippen LogP contribution in [0.25, 0.3) is 10.8 Å². The van der Waals surface area contributed by atoms with Gasteiger partial charge in [-0.3, -0.25) is 4.79 Å². The highest BCUT2D eigenvalue weighted by atomic mass is 19.3. The highest BCUT2D eigenvalue weighted by Gasteiger charge is 2.55. The van der Waals surface area contributed by atoms with Crippen molar-refractivity contribution in [2.75, 3.05) is 30.5 Å². The van der Waals surface area contributed by atoms with E-state index in [1.807, 2.05) is 19.1 Å². The molecule has 2 aliphatic rings. The van der Waals surface area contributed by atoms with E-state index in [0.717, 1.165) is 28.1 Å². The minimum atomic E-state index is -2.90. The van der Waals surface area contributed by atoms with Gasteiger partial charge in [-0.1, -0.05) is 18.2 Å². The third-order valence-corrected chi connectivity index (χ3v) is 6.48. The molecule has 3 heterocycles. The number of alkyl halides is 2. The predicted octanol–water partition coefficient (Wildman–Crippen LogP) is 4.43. The molecule has 3 aromatic rings. The lowest BCUT2D eigenvalue weighted by Gasteiger charge is -2.36. The summed E-state index contributed by atoms with van der Waals surface area (Å²) in [4.78, 5) is 14.5. The van der Waals surface area contributed by atoms with Crippen molar-refractivity contribution >= 4 is 28.2 Å². The molecule has 9 heteroatoms. The van der Waals surface area contributed by atoms with Gasteiger partial charge in [0.2, 0.25) is 5.91 Å². The number of halogens is 3. The van der Waals surface area contributed by atoms with Crippen LogP contribution in [-0.2, 0) is 14.9 Å². The first-order valence-corrected chi connectivity index (χ1v) is 10.2. The molecule has 1 aromatic heterocycles. The third-order valence-electron chi connectivity index (χ3n) is 6.48. The Morgan fingerprint density at radius 2 is 1.88 bits per heavy atom. The normalized spacial score (nSPS) is 17.7. The van der Waals surface area contributed by atoms with Crippen molar-refractivity contribution in [1.29, 1.82) is 0 Å². The summed E-state index contributed by atoms with van der Waals surface area (Å²) in [6, 6.07) is 7.13. The monoisotopic (exact) mass is 442 g/mol. The first-order chi connectivity index (χ1) is 15.2. The summed E-state index contributed by atoms with van der Waals surface area (Å²) < 4.78 is 46.3. The average molecular weight is 442 g/mol. The largest absolute Gasteiger partial charge is 0.378 e. The van der Waals surface area contributed by atoms with Gasteiger partial charge in [-0.2, -0.15) is 5.10 Å². The topological polar surface area (TPSA) is 67.4 Å². The molecule has 0 unspecified atom stereocenters. The van der Waals surface area contributed by atoms with Gasteiger partial charge in [0, 0.05) is 29.1 Å². The molecule has 1 N–H and O–H groups in total. The highest BCUT2D eigenvalue weighted by molar-refractivity contribution is 6.12.